The van der Waals surface area contributed by atoms with Gasteiger partial charge in [-0.25, -0.2) is 0 Å². The molecule has 0 amide bonds. The molecule has 0 aliphatic heterocycles. The maximum atomic E-state index is 9.00. The molecule has 0 heterocycles. The Balaban J connectivity index is -0.0000000150. The summed E-state index contributed by atoms with van der Waals surface area (Å²) < 4.78 is 0. The van der Waals surface area contributed by atoms with Crippen LogP contribution in [0.5, 0.6) is 0 Å². The first kappa shape index (κ1) is 24.0. The van der Waals surface area contributed by atoms with E-state index < -0.39 is 5.97 Å². The van der Waals surface area contributed by atoms with Crippen molar-refractivity contribution in [3.63, 3.8) is 0 Å². The number of halogens is 1. The first-order valence-corrected chi connectivity index (χ1v) is 0.928. The zero-order chi connectivity index (χ0) is 3.58. The molecule has 0 aromatic heterocycles. The summed E-state index contributed by atoms with van der Waals surface area (Å²) in [5.41, 5.74) is 0. The summed E-state index contributed by atoms with van der Waals surface area (Å²) in [6, 6.07) is 0. The summed E-state index contributed by atoms with van der Waals surface area (Å²) in [5.74, 6) is -0.833. The standard InChI is InChI=1S/C2H4O2.ClH.Fe.Na.H/c1-2(3)4;;;;/h1H3,(H,3,4);1H;;;. The van der Waals surface area contributed by atoms with Gasteiger partial charge in [-0.2, -0.15) is 0 Å². The molecule has 1 N–H and O–H groups in total. The molecule has 0 aliphatic carbocycles. The van der Waals surface area contributed by atoms with Crippen molar-refractivity contribution >= 4 is 47.9 Å². The Kier molecular flexibility index (Phi) is 53.6. The third-order valence-corrected chi connectivity index (χ3v) is 0. The van der Waals surface area contributed by atoms with Gasteiger partial charge in [-0.05, 0) is 0 Å². The van der Waals surface area contributed by atoms with E-state index in [1.807, 2.05) is 0 Å². The average Bonchev–Trinajstić information content (AvgIpc) is 0.811. The van der Waals surface area contributed by atoms with E-state index in [0.29, 0.717) is 0 Å². The van der Waals surface area contributed by atoms with Crippen molar-refractivity contribution in [2.75, 3.05) is 0 Å². The zero-order valence-corrected chi connectivity index (χ0v) is 5.04. The molecule has 0 spiro atoms. The molecule has 42 valence electrons. The molecule has 5 heteroatoms. The van der Waals surface area contributed by atoms with Crippen LogP contribution in [0.4, 0.5) is 0 Å². The van der Waals surface area contributed by atoms with Gasteiger partial charge in [0.25, 0.3) is 5.97 Å². The van der Waals surface area contributed by atoms with E-state index in [0.717, 1.165) is 6.92 Å². The van der Waals surface area contributed by atoms with Crippen LogP contribution in [0, 0.1) is 0 Å². The van der Waals surface area contributed by atoms with Crippen LogP contribution in [-0.2, 0) is 21.9 Å². The van der Waals surface area contributed by atoms with Gasteiger partial charge < -0.3 is 5.11 Å². The van der Waals surface area contributed by atoms with E-state index in [2.05, 4.69) is 0 Å². The molecule has 0 fully saturated rings. The SMILES string of the molecule is CC(=O)O.Cl.[Fe].[NaH]. The summed E-state index contributed by atoms with van der Waals surface area (Å²) in [6.45, 7) is 1.08. The number of carbonyl (C=O) groups is 1. The Morgan fingerprint density at radius 1 is 1.57 bits per heavy atom. The normalized spacial score (nSPS) is 3.57. The van der Waals surface area contributed by atoms with E-state index in [4.69, 9.17) is 9.90 Å². The number of aliphatic carboxylic acids is 1. The van der Waals surface area contributed by atoms with E-state index in [1.165, 1.54) is 0 Å². The van der Waals surface area contributed by atoms with Gasteiger partial charge in [0.05, 0.1) is 0 Å². The molecule has 0 radical (unpaired) electrons. The van der Waals surface area contributed by atoms with Crippen LogP contribution in [-0.4, -0.2) is 40.6 Å². The predicted molar refractivity (Wildman–Crippen MR) is 27.7 cm³/mol. The fourth-order valence-corrected chi connectivity index (χ4v) is 0. The topological polar surface area (TPSA) is 37.3 Å². The van der Waals surface area contributed by atoms with Gasteiger partial charge in [0, 0.05) is 24.0 Å². The van der Waals surface area contributed by atoms with Crippen molar-refractivity contribution < 1.29 is 27.0 Å². The number of hydrogen-bond acceptors (Lipinski definition) is 1. The summed E-state index contributed by atoms with van der Waals surface area (Å²) in [4.78, 5) is 9.00. The number of rotatable bonds is 0. The third-order valence-electron chi connectivity index (χ3n) is 0. The van der Waals surface area contributed by atoms with Crippen molar-refractivity contribution in [3.05, 3.63) is 0 Å². The van der Waals surface area contributed by atoms with Crippen molar-refractivity contribution in [1.82, 2.24) is 0 Å². The Hall–Kier alpha value is 1.28. The monoisotopic (exact) mass is 176 g/mol. The molecule has 0 bridgehead atoms. The molecular formula is C2H6ClFeNaO2. The van der Waals surface area contributed by atoms with Crippen molar-refractivity contribution in [2.24, 2.45) is 0 Å². The Morgan fingerprint density at radius 3 is 1.57 bits per heavy atom. The summed E-state index contributed by atoms with van der Waals surface area (Å²) in [7, 11) is 0. The average molecular weight is 176 g/mol. The molecule has 0 atom stereocenters. The molecule has 0 aliphatic rings. The van der Waals surface area contributed by atoms with Crippen LogP contribution in [0.3, 0.4) is 0 Å². The third kappa shape index (κ3) is 124. The first-order valence-electron chi connectivity index (χ1n) is 0.928. The Bertz CT molecular complexity index is 38.7. The quantitative estimate of drug-likeness (QED) is 0.522. The van der Waals surface area contributed by atoms with Crippen LogP contribution < -0.4 is 0 Å². The van der Waals surface area contributed by atoms with Crippen LogP contribution in [0.25, 0.3) is 0 Å². The second-order valence-electron chi connectivity index (χ2n) is 0.519. The molecule has 0 saturated heterocycles. The minimum absolute atomic E-state index is 0. The fraction of sp³-hybridized carbons (Fsp3) is 0.500. The first-order chi connectivity index (χ1) is 1.73. The van der Waals surface area contributed by atoms with Gasteiger partial charge in [-0.1, -0.05) is 0 Å². The minimum atomic E-state index is -0.833. The predicted octanol–water partition coefficient (Wildman–Crippen LogP) is -0.138. The van der Waals surface area contributed by atoms with Gasteiger partial charge in [-0.15, -0.1) is 12.4 Å². The molecule has 2 nitrogen and oxygen atoms in total. The molecule has 0 saturated carbocycles. The van der Waals surface area contributed by atoms with Gasteiger partial charge in [0.2, 0.25) is 0 Å². The zero-order valence-electron chi connectivity index (χ0n) is 3.12. The van der Waals surface area contributed by atoms with Gasteiger partial charge in [0.1, 0.15) is 0 Å². The van der Waals surface area contributed by atoms with Gasteiger partial charge in [0.15, 0.2) is 0 Å². The molecular weight excluding hydrogens is 170 g/mol. The van der Waals surface area contributed by atoms with E-state index in [-0.39, 0.29) is 59.0 Å². The van der Waals surface area contributed by atoms with Crippen molar-refractivity contribution in [2.45, 2.75) is 6.92 Å². The Morgan fingerprint density at radius 2 is 1.57 bits per heavy atom. The van der Waals surface area contributed by atoms with Crippen molar-refractivity contribution in [1.29, 1.82) is 0 Å². The second kappa shape index (κ2) is 15.7. The van der Waals surface area contributed by atoms with Crippen LogP contribution in [0.15, 0.2) is 0 Å². The van der Waals surface area contributed by atoms with Crippen LogP contribution in [0.1, 0.15) is 6.92 Å². The summed E-state index contributed by atoms with van der Waals surface area (Å²) >= 11 is 0. The molecule has 0 unspecified atom stereocenters. The molecule has 0 aromatic rings. The second-order valence-corrected chi connectivity index (χ2v) is 0.519. The summed E-state index contributed by atoms with van der Waals surface area (Å²) in [5, 5.41) is 7.42. The maximum absolute atomic E-state index is 9.00. The summed E-state index contributed by atoms with van der Waals surface area (Å²) in [6.07, 6.45) is 0. The van der Waals surface area contributed by atoms with Crippen LogP contribution in [0.2, 0.25) is 0 Å². The van der Waals surface area contributed by atoms with Crippen molar-refractivity contribution in [3.8, 4) is 0 Å². The molecule has 7 heavy (non-hydrogen) atoms. The Labute approximate surface area is 81.2 Å². The van der Waals surface area contributed by atoms with E-state index in [9.17, 15) is 0 Å². The van der Waals surface area contributed by atoms with E-state index in [1.54, 1.807) is 0 Å². The van der Waals surface area contributed by atoms with Gasteiger partial charge in [-0.3, -0.25) is 4.79 Å². The van der Waals surface area contributed by atoms with E-state index >= 15 is 0 Å². The van der Waals surface area contributed by atoms with Crippen LogP contribution >= 0.6 is 12.4 Å². The number of hydrogen-bond donors (Lipinski definition) is 1. The van der Waals surface area contributed by atoms with Gasteiger partial charge >= 0.3 is 29.6 Å². The fourth-order valence-electron chi connectivity index (χ4n) is 0. The number of carboxylic acid groups (broad SMARTS) is 1. The number of carboxylic acids is 1. The molecule has 0 rings (SSSR count). The molecule has 0 aromatic carbocycles.